The van der Waals surface area contributed by atoms with Crippen molar-refractivity contribution in [2.75, 3.05) is 19.6 Å². The second-order valence-electron chi connectivity index (χ2n) is 8.43. The quantitative estimate of drug-likeness (QED) is 0.840. The van der Waals surface area contributed by atoms with Crippen LogP contribution in [0.15, 0.2) is 0 Å². The van der Waals surface area contributed by atoms with Gasteiger partial charge in [-0.3, -0.25) is 4.90 Å². The Kier molecular flexibility index (Phi) is 5.53. The Morgan fingerprint density at radius 3 is 2.40 bits per heavy atom. The maximum atomic E-state index is 3.84. The Morgan fingerprint density at radius 1 is 1.15 bits per heavy atom. The molecule has 1 saturated heterocycles. The van der Waals surface area contributed by atoms with Crippen LogP contribution in [0.5, 0.6) is 0 Å². The number of nitrogens with zero attached hydrogens (tertiary/aromatic N) is 1. The molecule has 2 nitrogen and oxygen atoms in total. The van der Waals surface area contributed by atoms with Crippen LogP contribution in [0.25, 0.3) is 0 Å². The van der Waals surface area contributed by atoms with Crippen molar-refractivity contribution in [2.24, 2.45) is 17.3 Å². The lowest BCUT2D eigenvalue weighted by molar-refractivity contribution is 0.0231. The van der Waals surface area contributed by atoms with Crippen LogP contribution in [0, 0.1) is 17.3 Å². The maximum Gasteiger partial charge on any atom is 0.0254 e. The average Bonchev–Trinajstić information content (AvgIpc) is 2.35. The molecule has 1 saturated carbocycles. The summed E-state index contributed by atoms with van der Waals surface area (Å²) in [7, 11) is 0. The normalized spacial score (nSPS) is 38.9. The molecule has 1 N–H and O–H groups in total. The lowest BCUT2D eigenvalue weighted by Crippen LogP contribution is -2.57. The highest BCUT2D eigenvalue weighted by Crippen LogP contribution is 2.39. The molecule has 4 atom stereocenters. The highest BCUT2D eigenvalue weighted by Gasteiger charge is 2.39. The molecule has 0 spiro atoms. The molecular weight excluding hydrogens is 244 g/mol. The van der Waals surface area contributed by atoms with E-state index in [1.165, 1.54) is 51.7 Å². The smallest absolute Gasteiger partial charge is 0.0254 e. The van der Waals surface area contributed by atoms with Gasteiger partial charge in [0.2, 0.25) is 0 Å². The summed E-state index contributed by atoms with van der Waals surface area (Å²) in [4.78, 5) is 2.83. The van der Waals surface area contributed by atoms with Gasteiger partial charge in [0.1, 0.15) is 0 Å². The zero-order valence-electron chi connectivity index (χ0n) is 14.4. The highest BCUT2D eigenvalue weighted by atomic mass is 15.2. The molecule has 1 heterocycles. The highest BCUT2D eigenvalue weighted by molar-refractivity contribution is 4.96. The summed E-state index contributed by atoms with van der Waals surface area (Å²) in [6.07, 6.45) is 6.77. The Bertz CT molecular complexity index is 290. The first-order valence-corrected chi connectivity index (χ1v) is 8.88. The summed E-state index contributed by atoms with van der Waals surface area (Å²) in [6.45, 7) is 15.9. The number of rotatable bonds is 4. The third-order valence-electron chi connectivity index (χ3n) is 5.38. The molecule has 0 bridgehead atoms. The largest absolute Gasteiger partial charge is 0.312 e. The van der Waals surface area contributed by atoms with Crippen molar-refractivity contribution in [3.63, 3.8) is 0 Å². The van der Waals surface area contributed by atoms with Gasteiger partial charge >= 0.3 is 0 Å². The Morgan fingerprint density at radius 2 is 1.80 bits per heavy atom. The van der Waals surface area contributed by atoms with E-state index in [0.29, 0.717) is 5.41 Å². The number of piperidine rings is 1. The zero-order valence-corrected chi connectivity index (χ0v) is 14.4. The van der Waals surface area contributed by atoms with Crippen LogP contribution in [0.1, 0.15) is 66.7 Å². The second kappa shape index (κ2) is 6.79. The van der Waals surface area contributed by atoms with Gasteiger partial charge in [-0.1, -0.05) is 34.6 Å². The van der Waals surface area contributed by atoms with E-state index in [1.54, 1.807) is 0 Å². The molecular formula is C18H36N2. The van der Waals surface area contributed by atoms with Gasteiger partial charge in [-0.15, -0.1) is 0 Å². The lowest BCUT2D eigenvalue weighted by atomic mass is 9.71. The van der Waals surface area contributed by atoms with Gasteiger partial charge in [0.15, 0.2) is 0 Å². The standard InChI is InChI=1S/C18H36N2/c1-6-9-19-16-7-8-18(4,5)11-17(16)20-12-14(2)10-15(3)13-20/h14-17,19H,6-13H2,1-5H3. The first kappa shape index (κ1) is 16.3. The van der Waals surface area contributed by atoms with Crippen molar-refractivity contribution in [3.05, 3.63) is 0 Å². The van der Waals surface area contributed by atoms with Crippen molar-refractivity contribution in [2.45, 2.75) is 78.8 Å². The van der Waals surface area contributed by atoms with E-state index in [9.17, 15) is 0 Å². The minimum atomic E-state index is 0.527. The van der Waals surface area contributed by atoms with Crippen molar-refractivity contribution >= 4 is 0 Å². The minimum Gasteiger partial charge on any atom is -0.312 e. The molecule has 2 heteroatoms. The zero-order chi connectivity index (χ0) is 14.8. The van der Waals surface area contributed by atoms with Gasteiger partial charge in [0, 0.05) is 25.2 Å². The summed E-state index contributed by atoms with van der Waals surface area (Å²) >= 11 is 0. The van der Waals surface area contributed by atoms with Gasteiger partial charge < -0.3 is 5.32 Å². The van der Waals surface area contributed by atoms with Crippen molar-refractivity contribution in [1.29, 1.82) is 0 Å². The third kappa shape index (κ3) is 4.21. The van der Waals surface area contributed by atoms with Crippen molar-refractivity contribution < 1.29 is 0 Å². The van der Waals surface area contributed by atoms with Crippen LogP contribution >= 0.6 is 0 Å². The van der Waals surface area contributed by atoms with Crippen LogP contribution < -0.4 is 5.32 Å². The van der Waals surface area contributed by atoms with Crippen LogP contribution in [-0.2, 0) is 0 Å². The van der Waals surface area contributed by atoms with Crippen molar-refractivity contribution in [3.8, 4) is 0 Å². The third-order valence-corrected chi connectivity index (χ3v) is 5.38. The first-order valence-electron chi connectivity index (χ1n) is 8.88. The van der Waals surface area contributed by atoms with Gasteiger partial charge in [-0.2, -0.15) is 0 Å². The topological polar surface area (TPSA) is 15.3 Å². The van der Waals surface area contributed by atoms with E-state index in [2.05, 4.69) is 44.8 Å². The Balaban J connectivity index is 2.05. The van der Waals surface area contributed by atoms with E-state index in [-0.39, 0.29) is 0 Å². The lowest BCUT2D eigenvalue weighted by Gasteiger charge is -2.49. The van der Waals surface area contributed by atoms with E-state index >= 15 is 0 Å². The summed E-state index contributed by atoms with van der Waals surface area (Å²) in [5.41, 5.74) is 0.527. The van der Waals surface area contributed by atoms with E-state index in [0.717, 1.165) is 23.9 Å². The van der Waals surface area contributed by atoms with Crippen LogP contribution in [0.4, 0.5) is 0 Å². The molecule has 2 rings (SSSR count). The maximum absolute atomic E-state index is 3.84. The summed E-state index contributed by atoms with van der Waals surface area (Å²) in [5, 5.41) is 3.84. The Labute approximate surface area is 126 Å². The fraction of sp³-hybridized carbons (Fsp3) is 1.00. The molecule has 0 aromatic rings. The predicted octanol–water partition coefficient (Wildman–Crippen LogP) is 3.91. The Hall–Kier alpha value is -0.0800. The molecule has 0 radical (unpaired) electrons. The van der Waals surface area contributed by atoms with Gasteiger partial charge in [0.25, 0.3) is 0 Å². The molecule has 20 heavy (non-hydrogen) atoms. The average molecular weight is 280 g/mol. The number of hydrogen-bond donors (Lipinski definition) is 1. The first-order chi connectivity index (χ1) is 9.41. The summed E-state index contributed by atoms with van der Waals surface area (Å²) < 4.78 is 0. The van der Waals surface area contributed by atoms with Gasteiger partial charge in [-0.05, 0) is 55.9 Å². The van der Waals surface area contributed by atoms with Gasteiger partial charge in [0.05, 0.1) is 0 Å². The molecule has 1 aliphatic carbocycles. The van der Waals surface area contributed by atoms with Crippen LogP contribution in [-0.4, -0.2) is 36.6 Å². The summed E-state index contributed by atoms with van der Waals surface area (Å²) in [5.74, 6) is 1.74. The number of hydrogen-bond acceptors (Lipinski definition) is 2. The van der Waals surface area contributed by atoms with Crippen molar-refractivity contribution in [1.82, 2.24) is 10.2 Å². The predicted molar refractivity (Wildman–Crippen MR) is 88.0 cm³/mol. The molecule has 2 aliphatic rings. The fourth-order valence-electron chi connectivity index (χ4n) is 4.48. The second-order valence-corrected chi connectivity index (χ2v) is 8.43. The molecule has 118 valence electrons. The van der Waals surface area contributed by atoms with Crippen LogP contribution in [0.3, 0.4) is 0 Å². The molecule has 2 fully saturated rings. The van der Waals surface area contributed by atoms with E-state index in [4.69, 9.17) is 0 Å². The van der Waals surface area contributed by atoms with Gasteiger partial charge in [-0.25, -0.2) is 0 Å². The molecule has 0 aromatic carbocycles. The molecule has 4 unspecified atom stereocenters. The molecule has 0 amide bonds. The van der Waals surface area contributed by atoms with E-state index < -0.39 is 0 Å². The monoisotopic (exact) mass is 280 g/mol. The molecule has 1 aliphatic heterocycles. The summed E-state index contributed by atoms with van der Waals surface area (Å²) in [6, 6.07) is 1.48. The number of likely N-dealkylation sites (tertiary alicyclic amines) is 1. The minimum absolute atomic E-state index is 0.527. The van der Waals surface area contributed by atoms with E-state index in [1.807, 2.05) is 0 Å². The fourth-order valence-corrected chi connectivity index (χ4v) is 4.48. The SMILES string of the molecule is CCCNC1CCC(C)(C)CC1N1CC(C)CC(C)C1. The van der Waals surface area contributed by atoms with Crippen LogP contribution in [0.2, 0.25) is 0 Å². The molecule has 0 aromatic heterocycles. The number of nitrogens with one attached hydrogen (secondary N) is 1.